The summed E-state index contributed by atoms with van der Waals surface area (Å²) < 4.78 is 42.7. The SMILES string of the molecule is CC.CCCOCCOCCOCCOCCNc1ccc([N+](=O)[O-])cc1[N+](=O)[O-].O=CNC(CSSCC(NC(=O)CCOCCOCCOCCOCCNc1ccc([N+](=O)[O-])cc1[N+](=O)[O-])C(=O)O)C(=O)O. The zero-order valence-electron chi connectivity index (χ0n) is 41.9. The van der Waals surface area contributed by atoms with E-state index in [1.807, 2.05) is 20.8 Å². The molecule has 0 aliphatic carbocycles. The van der Waals surface area contributed by atoms with Crippen LogP contribution in [-0.2, 0) is 57.1 Å². The minimum Gasteiger partial charge on any atom is -0.480 e. The second kappa shape index (κ2) is 45.3. The first-order chi connectivity index (χ1) is 36.1. The van der Waals surface area contributed by atoms with E-state index in [1.165, 1.54) is 24.3 Å². The quantitative estimate of drug-likeness (QED) is 0.0180. The van der Waals surface area contributed by atoms with Crippen LogP contribution in [0.15, 0.2) is 36.4 Å². The Hall–Kier alpha value is -6.10. The Bertz CT molecular complexity index is 1980. The highest BCUT2D eigenvalue weighted by Crippen LogP contribution is 2.30. The van der Waals surface area contributed by atoms with Gasteiger partial charge in [-0.3, -0.25) is 50.0 Å². The fraction of sp³-hybridized carbons (Fsp3) is 0.628. The molecule has 0 aromatic heterocycles. The first-order valence-corrected chi connectivity index (χ1v) is 25.8. The first-order valence-electron chi connectivity index (χ1n) is 23.3. The summed E-state index contributed by atoms with van der Waals surface area (Å²) in [4.78, 5) is 85.7. The topological polar surface area (TPSA) is 403 Å². The van der Waals surface area contributed by atoms with Crippen LogP contribution in [0.3, 0.4) is 0 Å². The number of non-ortho nitro benzene ring substituents is 2. The van der Waals surface area contributed by atoms with Gasteiger partial charge in [-0.25, -0.2) is 9.59 Å². The summed E-state index contributed by atoms with van der Waals surface area (Å²) in [6.45, 7) is 12.3. The number of carboxylic acids is 2. The summed E-state index contributed by atoms with van der Waals surface area (Å²) in [7, 11) is 2.11. The molecule has 2 unspecified atom stereocenters. The number of nitro benzene ring substituents is 4. The number of aliphatic carboxylic acids is 2. The minimum atomic E-state index is -1.25. The van der Waals surface area contributed by atoms with Crippen molar-refractivity contribution in [2.75, 3.05) is 141 Å². The highest BCUT2D eigenvalue weighted by atomic mass is 33.1. The van der Waals surface area contributed by atoms with Gasteiger partial charge in [-0.05, 0) is 18.6 Å². The summed E-state index contributed by atoms with van der Waals surface area (Å²) in [6.07, 6.45) is 1.18. The summed E-state index contributed by atoms with van der Waals surface area (Å²) >= 11 is 0. The monoisotopic (exact) mass is 1110 g/mol. The number of ether oxygens (including phenoxy) is 8. The maximum atomic E-state index is 12.0. The van der Waals surface area contributed by atoms with Crippen molar-refractivity contribution in [3.8, 4) is 0 Å². The average molecular weight is 1110 g/mol. The molecule has 0 heterocycles. The molecule has 0 bridgehead atoms. The van der Waals surface area contributed by atoms with Crippen molar-refractivity contribution < 1.29 is 87.0 Å². The van der Waals surface area contributed by atoms with Gasteiger partial charge in [-0.2, -0.15) is 0 Å². The first kappa shape index (κ1) is 68.9. The van der Waals surface area contributed by atoms with Gasteiger partial charge >= 0.3 is 11.9 Å². The van der Waals surface area contributed by atoms with E-state index < -0.39 is 55.3 Å². The number of nitrogens with one attached hydrogen (secondary N) is 4. The highest BCUT2D eigenvalue weighted by molar-refractivity contribution is 8.76. The molecule has 75 heavy (non-hydrogen) atoms. The van der Waals surface area contributed by atoms with Gasteiger partial charge in [0.1, 0.15) is 23.5 Å². The molecule has 0 aliphatic rings. The van der Waals surface area contributed by atoms with Crippen molar-refractivity contribution in [1.82, 2.24) is 10.6 Å². The predicted molar refractivity (Wildman–Crippen MR) is 274 cm³/mol. The van der Waals surface area contributed by atoms with Crippen molar-refractivity contribution in [2.24, 2.45) is 0 Å². The zero-order valence-corrected chi connectivity index (χ0v) is 43.6. The van der Waals surface area contributed by atoms with E-state index in [0.717, 1.165) is 46.7 Å². The molecule has 2 aromatic carbocycles. The van der Waals surface area contributed by atoms with Crippen LogP contribution in [0.2, 0.25) is 0 Å². The highest BCUT2D eigenvalue weighted by Gasteiger charge is 2.23. The number of nitro groups is 4. The van der Waals surface area contributed by atoms with Gasteiger partial charge in [-0.1, -0.05) is 42.4 Å². The molecular weight excluding hydrogens is 1040 g/mol. The largest absolute Gasteiger partial charge is 0.480 e. The third-order valence-electron chi connectivity index (χ3n) is 8.71. The Labute approximate surface area is 439 Å². The maximum absolute atomic E-state index is 12.0. The molecule has 0 saturated carbocycles. The second-order valence-electron chi connectivity index (χ2n) is 14.1. The Morgan fingerprint density at radius 2 is 0.893 bits per heavy atom. The normalized spacial score (nSPS) is 11.3. The Morgan fingerprint density at radius 1 is 0.547 bits per heavy atom. The van der Waals surface area contributed by atoms with E-state index in [-0.39, 0.29) is 112 Å². The van der Waals surface area contributed by atoms with Crippen LogP contribution >= 0.6 is 21.6 Å². The Morgan fingerprint density at radius 3 is 1.23 bits per heavy atom. The molecule has 2 atom stereocenters. The minimum absolute atomic E-state index is 0.0139. The lowest BCUT2D eigenvalue weighted by atomic mass is 10.2. The number of nitrogens with zero attached hydrogens (tertiary/aromatic N) is 4. The van der Waals surface area contributed by atoms with Gasteiger partial charge in [-0.15, -0.1) is 0 Å². The summed E-state index contributed by atoms with van der Waals surface area (Å²) in [6, 6.07) is 4.47. The fourth-order valence-corrected chi connectivity index (χ4v) is 7.49. The average Bonchev–Trinajstić information content (AvgIpc) is 3.38. The molecule has 2 aromatic rings. The number of amides is 2. The van der Waals surface area contributed by atoms with Gasteiger partial charge in [0.25, 0.3) is 22.7 Å². The van der Waals surface area contributed by atoms with Crippen molar-refractivity contribution in [3.63, 3.8) is 0 Å². The standard InChI is InChI=1S/C24H35N5O14S2.C17H27N3O8.C2H6/c30-16-26-19(23(32)33)14-44-45-15-20(24(34)35)27-22(31)3-5-40-7-9-42-11-12-43-10-8-41-6-4-25-18-2-1-17(28(36)37)13-21(18)29(38)39;1-2-6-25-8-10-27-12-13-28-11-9-26-7-5-18-16-4-3-15(19(21)22)14-17(16)20(23)24;1-2/h1-2,13,16,19-20,25H,3-12,14-15H2,(H,26,30)(H,27,31)(H,32,33)(H,34,35);3-4,14,18H,2,5-13H2,1H3;1-2H3. The maximum Gasteiger partial charge on any atom is 0.327 e. The van der Waals surface area contributed by atoms with Crippen molar-refractivity contribution >= 4 is 80.0 Å². The van der Waals surface area contributed by atoms with E-state index in [1.54, 1.807) is 0 Å². The van der Waals surface area contributed by atoms with Crippen LogP contribution in [0.1, 0.15) is 33.6 Å². The van der Waals surface area contributed by atoms with Gasteiger partial charge in [0.05, 0.1) is 131 Å². The molecule has 30 nitrogen and oxygen atoms in total. The number of hydrogen-bond acceptors (Lipinski definition) is 24. The number of anilines is 2. The predicted octanol–water partition coefficient (Wildman–Crippen LogP) is 3.94. The van der Waals surface area contributed by atoms with E-state index in [0.29, 0.717) is 52.8 Å². The molecule has 32 heteroatoms. The lowest BCUT2D eigenvalue weighted by Crippen LogP contribution is -2.42. The second-order valence-corrected chi connectivity index (χ2v) is 16.7. The number of carbonyl (C=O) groups is 4. The molecule has 0 fully saturated rings. The molecule has 0 spiro atoms. The number of carbonyl (C=O) groups excluding carboxylic acids is 2. The van der Waals surface area contributed by atoms with E-state index in [9.17, 15) is 64.7 Å². The lowest BCUT2D eigenvalue weighted by molar-refractivity contribution is -0.393. The van der Waals surface area contributed by atoms with Crippen molar-refractivity contribution in [1.29, 1.82) is 0 Å². The molecule has 424 valence electrons. The molecule has 2 amide bonds. The molecule has 0 radical (unpaired) electrons. The van der Waals surface area contributed by atoms with E-state index in [4.69, 9.17) is 43.0 Å². The van der Waals surface area contributed by atoms with Crippen LogP contribution in [0.25, 0.3) is 0 Å². The van der Waals surface area contributed by atoms with Gasteiger partial charge in [0.2, 0.25) is 12.3 Å². The number of benzene rings is 2. The van der Waals surface area contributed by atoms with Crippen LogP contribution in [0, 0.1) is 40.5 Å². The fourth-order valence-electron chi connectivity index (χ4n) is 5.16. The molecular formula is C43H68N8O22S2. The summed E-state index contributed by atoms with van der Waals surface area (Å²) in [5.41, 5.74) is -1.12. The van der Waals surface area contributed by atoms with Gasteiger partial charge in [0, 0.05) is 49.8 Å². The van der Waals surface area contributed by atoms with Crippen molar-refractivity contribution in [2.45, 2.75) is 45.7 Å². The van der Waals surface area contributed by atoms with Gasteiger partial charge in [0.15, 0.2) is 0 Å². The van der Waals surface area contributed by atoms with Crippen LogP contribution in [-0.4, -0.2) is 197 Å². The number of rotatable bonds is 45. The Kier molecular flexibility index (Phi) is 41.6. The molecule has 0 saturated heterocycles. The van der Waals surface area contributed by atoms with E-state index >= 15 is 0 Å². The number of hydrogen-bond donors (Lipinski definition) is 6. The zero-order chi connectivity index (χ0) is 56.1. The number of carboxylic acid groups (broad SMARTS) is 2. The van der Waals surface area contributed by atoms with Crippen LogP contribution in [0.4, 0.5) is 34.1 Å². The van der Waals surface area contributed by atoms with Crippen LogP contribution in [0.5, 0.6) is 0 Å². The van der Waals surface area contributed by atoms with Crippen LogP contribution < -0.4 is 21.3 Å². The molecule has 6 N–H and O–H groups in total. The van der Waals surface area contributed by atoms with Gasteiger partial charge < -0.3 is 69.4 Å². The lowest BCUT2D eigenvalue weighted by Gasteiger charge is -2.15. The summed E-state index contributed by atoms with van der Waals surface area (Å²) in [5.74, 6) is -3.00. The smallest absolute Gasteiger partial charge is 0.327 e. The Balaban J connectivity index is 0.00000156. The van der Waals surface area contributed by atoms with E-state index in [2.05, 4.69) is 21.3 Å². The molecule has 0 aliphatic heterocycles. The van der Waals surface area contributed by atoms with Crippen molar-refractivity contribution in [3.05, 3.63) is 76.9 Å². The molecule has 2 rings (SSSR count). The third kappa shape index (κ3) is 34.9. The summed E-state index contributed by atoms with van der Waals surface area (Å²) in [5, 5.41) is 72.0. The third-order valence-corrected chi connectivity index (χ3v) is 11.1.